The zero-order valence-corrected chi connectivity index (χ0v) is 5.91. The molecule has 0 bridgehead atoms. The molecule has 0 radical (unpaired) electrons. The summed E-state index contributed by atoms with van der Waals surface area (Å²) in [5.74, 6) is -1.59. The average Bonchev–Trinajstić information content (AvgIpc) is 1.82. The maximum Gasteiger partial charge on any atom is 0.312 e. The first-order valence-electron chi connectivity index (χ1n) is 2.90. The van der Waals surface area contributed by atoms with Crippen molar-refractivity contribution in [2.75, 3.05) is 11.5 Å². The molecule has 1 aromatic heterocycles. The maximum atomic E-state index is 12.3. The molecule has 0 aromatic carbocycles. The van der Waals surface area contributed by atoms with Gasteiger partial charge in [0.25, 0.3) is 5.91 Å². The van der Waals surface area contributed by atoms with E-state index in [4.69, 9.17) is 17.2 Å². The van der Waals surface area contributed by atoms with Gasteiger partial charge in [0, 0.05) is 0 Å². The molecule has 0 saturated carbocycles. The van der Waals surface area contributed by atoms with E-state index in [-0.39, 0.29) is 17.2 Å². The molecular formula is C5H6FN5O. The molecule has 64 valence electrons. The zero-order chi connectivity index (χ0) is 9.30. The second-order valence-electron chi connectivity index (χ2n) is 2.00. The lowest BCUT2D eigenvalue weighted by atomic mass is 10.3. The monoisotopic (exact) mass is 171 g/mol. The number of carbonyl (C=O) groups excluding carboxylic acids is 1. The lowest BCUT2D eigenvalue weighted by Crippen LogP contribution is -2.18. The highest BCUT2D eigenvalue weighted by Crippen LogP contribution is 2.13. The molecule has 6 nitrogen and oxygen atoms in total. The van der Waals surface area contributed by atoms with Crippen molar-refractivity contribution in [2.45, 2.75) is 0 Å². The number of primary amides is 1. The maximum absolute atomic E-state index is 12.3. The minimum absolute atomic E-state index is 0.253. The molecule has 0 spiro atoms. The Morgan fingerprint density at radius 1 is 1.25 bits per heavy atom. The minimum Gasteiger partial charge on any atom is -0.383 e. The predicted octanol–water partition coefficient (Wildman–Crippen LogP) is -1.12. The molecule has 0 saturated heterocycles. The molecule has 1 aromatic rings. The third-order valence-corrected chi connectivity index (χ3v) is 1.18. The van der Waals surface area contributed by atoms with Gasteiger partial charge in [0.15, 0.2) is 0 Å². The summed E-state index contributed by atoms with van der Waals surface area (Å²) in [4.78, 5) is 16.8. The van der Waals surface area contributed by atoms with Crippen molar-refractivity contribution >= 4 is 17.5 Å². The van der Waals surface area contributed by atoms with E-state index in [1.54, 1.807) is 0 Å². The topological polar surface area (TPSA) is 121 Å². The van der Waals surface area contributed by atoms with Gasteiger partial charge in [-0.1, -0.05) is 0 Å². The first-order valence-corrected chi connectivity index (χ1v) is 2.90. The van der Waals surface area contributed by atoms with Gasteiger partial charge in [-0.05, 0) is 0 Å². The molecule has 0 atom stereocenters. The summed E-state index contributed by atoms with van der Waals surface area (Å²) in [6.45, 7) is 0. The third kappa shape index (κ3) is 1.24. The highest BCUT2D eigenvalue weighted by atomic mass is 19.1. The van der Waals surface area contributed by atoms with E-state index in [0.717, 1.165) is 0 Å². The molecule has 6 N–H and O–H groups in total. The number of hydrogen-bond acceptors (Lipinski definition) is 5. The molecule has 1 rings (SSSR count). The number of nitrogens with zero attached hydrogens (tertiary/aromatic N) is 2. The fourth-order valence-electron chi connectivity index (χ4n) is 0.719. The Labute approximate surface area is 66.6 Å². The lowest BCUT2D eigenvalue weighted by molar-refractivity contribution is 0.100. The van der Waals surface area contributed by atoms with Crippen LogP contribution in [0.25, 0.3) is 0 Å². The van der Waals surface area contributed by atoms with Crippen LogP contribution >= 0.6 is 0 Å². The van der Waals surface area contributed by atoms with Crippen LogP contribution in [-0.2, 0) is 0 Å². The van der Waals surface area contributed by atoms with Crippen molar-refractivity contribution in [3.05, 3.63) is 11.6 Å². The van der Waals surface area contributed by atoms with Crippen LogP contribution in [0.3, 0.4) is 0 Å². The Kier molecular flexibility index (Phi) is 1.78. The molecule has 7 heteroatoms. The van der Waals surface area contributed by atoms with Crippen LogP contribution in [0, 0.1) is 6.08 Å². The number of nitrogens with two attached hydrogens (primary N) is 3. The summed E-state index contributed by atoms with van der Waals surface area (Å²) >= 11 is 0. The summed E-state index contributed by atoms with van der Waals surface area (Å²) < 4.78 is 12.3. The van der Waals surface area contributed by atoms with E-state index in [1.807, 2.05) is 0 Å². The number of aromatic nitrogens is 2. The Balaban J connectivity index is 3.38. The van der Waals surface area contributed by atoms with Crippen molar-refractivity contribution in [1.82, 2.24) is 9.97 Å². The summed E-state index contributed by atoms with van der Waals surface area (Å²) in [7, 11) is 0. The van der Waals surface area contributed by atoms with Crippen LogP contribution in [0.15, 0.2) is 0 Å². The number of hydrogen-bond donors (Lipinski definition) is 3. The van der Waals surface area contributed by atoms with E-state index in [2.05, 4.69) is 9.97 Å². The highest BCUT2D eigenvalue weighted by molar-refractivity contribution is 6.01. The van der Waals surface area contributed by atoms with Gasteiger partial charge in [0.2, 0.25) is 0 Å². The SMILES string of the molecule is NC(=O)c1c(N)nc(F)nc1N. The lowest BCUT2D eigenvalue weighted by Gasteiger charge is -2.02. The summed E-state index contributed by atoms with van der Waals surface area (Å²) in [5, 5.41) is 0. The number of rotatable bonds is 1. The van der Waals surface area contributed by atoms with E-state index in [9.17, 15) is 9.18 Å². The first-order chi connectivity index (χ1) is 5.52. The molecule has 1 heterocycles. The highest BCUT2D eigenvalue weighted by Gasteiger charge is 2.14. The zero-order valence-electron chi connectivity index (χ0n) is 5.91. The van der Waals surface area contributed by atoms with Gasteiger partial charge in [-0.3, -0.25) is 4.79 Å². The van der Waals surface area contributed by atoms with Crippen LogP contribution < -0.4 is 17.2 Å². The molecular weight excluding hydrogens is 165 g/mol. The normalized spacial score (nSPS) is 9.75. The smallest absolute Gasteiger partial charge is 0.312 e. The van der Waals surface area contributed by atoms with Crippen molar-refractivity contribution < 1.29 is 9.18 Å². The van der Waals surface area contributed by atoms with Crippen LogP contribution in [0.4, 0.5) is 16.0 Å². The van der Waals surface area contributed by atoms with Crippen molar-refractivity contribution in [3.8, 4) is 0 Å². The van der Waals surface area contributed by atoms with E-state index < -0.39 is 12.0 Å². The second-order valence-corrected chi connectivity index (χ2v) is 2.00. The summed E-state index contributed by atoms with van der Waals surface area (Å²) in [6.07, 6.45) is -1.09. The minimum atomic E-state index is -1.09. The predicted molar refractivity (Wildman–Crippen MR) is 39.3 cm³/mol. The van der Waals surface area contributed by atoms with Crippen LogP contribution in [-0.4, -0.2) is 15.9 Å². The van der Waals surface area contributed by atoms with Gasteiger partial charge in [-0.2, -0.15) is 14.4 Å². The third-order valence-electron chi connectivity index (χ3n) is 1.18. The summed E-state index contributed by atoms with van der Waals surface area (Å²) in [6, 6.07) is 0. The largest absolute Gasteiger partial charge is 0.383 e. The van der Waals surface area contributed by atoms with Crippen molar-refractivity contribution in [1.29, 1.82) is 0 Å². The first kappa shape index (κ1) is 8.18. The van der Waals surface area contributed by atoms with Crippen LogP contribution in [0.5, 0.6) is 0 Å². The Bertz CT molecular complexity index is 316. The molecule has 0 aliphatic heterocycles. The molecule has 0 aliphatic rings. The van der Waals surface area contributed by atoms with Gasteiger partial charge in [-0.25, -0.2) is 0 Å². The van der Waals surface area contributed by atoms with Crippen LogP contribution in [0.2, 0.25) is 0 Å². The number of anilines is 2. The average molecular weight is 171 g/mol. The molecule has 0 unspecified atom stereocenters. The number of nitrogen functional groups attached to an aromatic ring is 2. The molecule has 12 heavy (non-hydrogen) atoms. The quantitative estimate of drug-likeness (QED) is 0.462. The molecule has 1 amide bonds. The Morgan fingerprint density at radius 3 is 2.00 bits per heavy atom. The van der Waals surface area contributed by atoms with Crippen molar-refractivity contribution in [3.63, 3.8) is 0 Å². The van der Waals surface area contributed by atoms with Gasteiger partial charge >= 0.3 is 6.08 Å². The molecule has 0 fully saturated rings. The number of amides is 1. The number of carbonyl (C=O) groups is 1. The Morgan fingerprint density at radius 2 is 1.67 bits per heavy atom. The van der Waals surface area contributed by atoms with Gasteiger partial charge < -0.3 is 17.2 Å². The Hall–Kier alpha value is -1.92. The van der Waals surface area contributed by atoms with E-state index in [0.29, 0.717) is 0 Å². The fourth-order valence-corrected chi connectivity index (χ4v) is 0.719. The van der Waals surface area contributed by atoms with E-state index >= 15 is 0 Å². The number of halogens is 1. The fraction of sp³-hybridized carbons (Fsp3) is 0. The molecule has 0 aliphatic carbocycles. The van der Waals surface area contributed by atoms with Gasteiger partial charge in [-0.15, -0.1) is 0 Å². The van der Waals surface area contributed by atoms with E-state index in [1.165, 1.54) is 0 Å². The second kappa shape index (κ2) is 2.61. The van der Waals surface area contributed by atoms with Gasteiger partial charge in [0.1, 0.15) is 17.2 Å². The van der Waals surface area contributed by atoms with Gasteiger partial charge in [0.05, 0.1) is 0 Å². The standard InChI is InChI=1S/C5H6FN5O/c6-5-10-2(7)1(4(9)12)3(8)11-5/h(H2,9,12)(H4,7,8,10,11). The van der Waals surface area contributed by atoms with Crippen LogP contribution in [0.1, 0.15) is 10.4 Å². The summed E-state index contributed by atoms with van der Waals surface area (Å²) in [5.41, 5.74) is 14.9. The van der Waals surface area contributed by atoms with Crippen molar-refractivity contribution in [2.24, 2.45) is 5.73 Å².